The molecule has 15 heavy (non-hydrogen) atoms. The van der Waals surface area contributed by atoms with Crippen molar-refractivity contribution >= 4 is 5.91 Å². The number of hydrogen-bond donors (Lipinski definition) is 1. The third-order valence-corrected chi connectivity index (χ3v) is 1.91. The fourth-order valence-corrected chi connectivity index (χ4v) is 1.18. The lowest BCUT2D eigenvalue weighted by Gasteiger charge is -2.09. The molecule has 0 atom stereocenters. The van der Waals surface area contributed by atoms with Crippen LogP contribution in [-0.2, 0) is 0 Å². The Balaban J connectivity index is 2.92. The standard InChI is InChI=1S/C11H15NO3/c1-3-6-15-8-4-5-9(11(12)13)10(7-8)14-2/h4-5,7H,3,6H2,1-2H3,(H2,12,13). The quantitative estimate of drug-likeness (QED) is 0.800. The zero-order valence-corrected chi connectivity index (χ0v) is 8.95. The highest BCUT2D eigenvalue weighted by atomic mass is 16.5. The molecule has 0 fully saturated rings. The smallest absolute Gasteiger partial charge is 0.252 e. The lowest BCUT2D eigenvalue weighted by molar-refractivity contribution is 0.0997. The summed E-state index contributed by atoms with van der Waals surface area (Å²) in [5, 5.41) is 0. The van der Waals surface area contributed by atoms with Gasteiger partial charge in [0.25, 0.3) is 5.91 Å². The summed E-state index contributed by atoms with van der Waals surface area (Å²) in [6, 6.07) is 4.97. The van der Waals surface area contributed by atoms with Gasteiger partial charge in [0, 0.05) is 6.07 Å². The zero-order valence-electron chi connectivity index (χ0n) is 8.95. The van der Waals surface area contributed by atoms with E-state index in [0.29, 0.717) is 23.7 Å². The highest BCUT2D eigenvalue weighted by Gasteiger charge is 2.09. The van der Waals surface area contributed by atoms with Crippen LogP contribution in [0, 0.1) is 0 Å². The molecule has 0 aliphatic rings. The predicted molar refractivity (Wildman–Crippen MR) is 57.3 cm³/mol. The molecule has 0 aliphatic carbocycles. The molecule has 0 heterocycles. The molecule has 0 radical (unpaired) electrons. The van der Waals surface area contributed by atoms with Crippen molar-refractivity contribution in [2.45, 2.75) is 13.3 Å². The van der Waals surface area contributed by atoms with E-state index in [1.54, 1.807) is 18.2 Å². The predicted octanol–water partition coefficient (Wildman–Crippen LogP) is 1.58. The van der Waals surface area contributed by atoms with E-state index in [4.69, 9.17) is 15.2 Å². The maximum Gasteiger partial charge on any atom is 0.252 e. The van der Waals surface area contributed by atoms with Gasteiger partial charge in [-0.3, -0.25) is 4.79 Å². The van der Waals surface area contributed by atoms with Crippen molar-refractivity contribution in [2.24, 2.45) is 5.73 Å². The average molecular weight is 209 g/mol. The minimum absolute atomic E-state index is 0.362. The molecule has 0 aliphatic heterocycles. The lowest BCUT2D eigenvalue weighted by atomic mass is 10.2. The summed E-state index contributed by atoms with van der Waals surface area (Å²) in [4.78, 5) is 11.0. The Labute approximate surface area is 89.0 Å². The van der Waals surface area contributed by atoms with Crippen LogP contribution in [0.3, 0.4) is 0 Å². The first-order valence-electron chi connectivity index (χ1n) is 4.79. The highest BCUT2D eigenvalue weighted by Crippen LogP contribution is 2.24. The van der Waals surface area contributed by atoms with Gasteiger partial charge in [-0.1, -0.05) is 6.92 Å². The normalized spacial score (nSPS) is 9.73. The molecular formula is C11H15NO3. The summed E-state index contributed by atoms with van der Waals surface area (Å²) < 4.78 is 10.4. The van der Waals surface area contributed by atoms with Gasteiger partial charge in [-0.25, -0.2) is 0 Å². The Hall–Kier alpha value is -1.71. The number of ether oxygens (including phenoxy) is 2. The zero-order chi connectivity index (χ0) is 11.3. The van der Waals surface area contributed by atoms with Gasteiger partial charge >= 0.3 is 0 Å². The number of amides is 1. The summed E-state index contributed by atoms with van der Waals surface area (Å²) in [5.74, 6) is 0.615. The van der Waals surface area contributed by atoms with Crippen molar-refractivity contribution in [2.75, 3.05) is 13.7 Å². The lowest BCUT2D eigenvalue weighted by Crippen LogP contribution is -2.12. The van der Waals surface area contributed by atoms with Crippen LogP contribution in [0.25, 0.3) is 0 Å². The van der Waals surface area contributed by atoms with Gasteiger partial charge < -0.3 is 15.2 Å². The summed E-state index contributed by atoms with van der Waals surface area (Å²) in [5.41, 5.74) is 5.54. The first-order valence-corrected chi connectivity index (χ1v) is 4.79. The van der Waals surface area contributed by atoms with Crippen LogP contribution in [0.2, 0.25) is 0 Å². The maximum absolute atomic E-state index is 11.0. The Morgan fingerprint density at radius 3 is 2.73 bits per heavy atom. The van der Waals surface area contributed by atoms with Gasteiger partial charge in [0.05, 0.1) is 19.3 Å². The van der Waals surface area contributed by atoms with Crippen LogP contribution >= 0.6 is 0 Å². The van der Waals surface area contributed by atoms with Gasteiger partial charge in [0.2, 0.25) is 0 Å². The number of rotatable bonds is 5. The third-order valence-electron chi connectivity index (χ3n) is 1.91. The first kappa shape index (κ1) is 11.4. The molecule has 0 bridgehead atoms. The van der Waals surface area contributed by atoms with Gasteiger partial charge in [-0.15, -0.1) is 0 Å². The fraction of sp³-hybridized carbons (Fsp3) is 0.364. The average Bonchev–Trinajstić information content (AvgIpc) is 2.25. The van der Waals surface area contributed by atoms with Crippen LogP contribution in [0.15, 0.2) is 18.2 Å². The number of benzene rings is 1. The fourth-order valence-electron chi connectivity index (χ4n) is 1.18. The molecule has 1 aromatic carbocycles. The van der Waals surface area contributed by atoms with Crippen LogP contribution in [0.5, 0.6) is 11.5 Å². The number of nitrogens with two attached hydrogens (primary N) is 1. The second-order valence-electron chi connectivity index (χ2n) is 3.07. The molecule has 1 amide bonds. The van der Waals surface area contributed by atoms with Crippen molar-refractivity contribution in [3.63, 3.8) is 0 Å². The molecule has 4 heteroatoms. The third kappa shape index (κ3) is 2.87. The minimum atomic E-state index is -0.506. The number of carbonyl (C=O) groups excluding carboxylic acids is 1. The van der Waals surface area contributed by atoms with Crippen molar-refractivity contribution in [3.05, 3.63) is 23.8 Å². The summed E-state index contributed by atoms with van der Waals surface area (Å²) in [6.07, 6.45) is 0.930. The minimum Gasteiger partial charge on any atom is -0.496 e. The summed E-state index contributed by atoms with van der Waals surface area (Å²) in [7, 11) is 1.49. The SMILES string of the molecule is CCCOc1ccc(C(N)=O)c(OC)c1. The van der Waals surface area contributed by atoms with E-state index >= 15 is 0 Å². The van der Waals surface area contributed by atoms with E-state index in [9.17, 15) is 4.79 Å². The summed E-state index contributed by atoms with van der Waals surface area (Å²) >= 11 is 0. The van der Waals surface area contributed by atoms with Gasteiger partial charge in [-0.2, -0.15) is 0 Å². The molecule has 4 nitrogen and oxygen atoms in total. The van der Waals surface area contributed by atoms with Crippen LogP contribution in [0.1, 0.15) is 23.7 Å². The highest BCUT2D eigenvalue weighted by molar-refractivity contribution is 5.95. The number of carbonyl (C=O) groups is 1. The monoisotopic (exact) mass is 209 g/mol. The van der Waals surface area contributed by atoms with Gasteiger partial charge in [0.15, 0.2) is 0 Å². The molecule has 82 valence electrons. The molecule has 0 saturated heterocycles. The Kier molecular flexibility index (Phi) is 3.97. The molecule has 0 unspecified atom stereocenters. The van der Waals surface area contributed by atoms with Crippen molar-refractivity contribution in [1.82, 2.24) is 0 Å². The molecular weight excluding hydrogens is 194 g/mol. The van der Waals surface area contributed by atoms with Crippen molar-refractivity contribution in [1.29, 1.82) is 0 Å². The van der Waals surface area contributed by atoms with E-state index in [1.165, 1.54) is 7.11 Å². The Bertz CT molecular complexity index is 350. The van der Waals surface area contributed by atoms with E-state index in [-0.39, 0.29) is 0 Å². The second kappa shape index (κ2) is 5.24. The number of primary amides is 1. The van der Waals surface area contributed by atoms with E-state index in [2.05, 4.69) is 0 Å². The molecule has 1 aromatic rings. The Morgan fingerprint density at radius 1 is 1.47 bits per heavy atom. The van der Waals surface area contributed by atoms with Crippen LogP contribution in [0.4, 0.5) is 0 Å². The van der Waals surface area contributed by atoms with Gasteiger partial charge in [-0.05, 0) is 18.6 Å². The van der Waals surface area contributed by atoms with Crippen molar-refractivity contribution in [3.8, 4) is 11.5 Å². The van der Waals surface area contributed by atoms with Gasteiger partial charge in [0.1, 0.15) is 11.5 Å². The Morgan fingerprint density at radius 2 is 2.20 bits per heavy atom. The number of hydrogen-bond acceptors (Lipinski definition) is 3. The first-order chi connectivity index (χ1) is 7.19. The van der Waals surface area contributed by atoms with E-state index < -0.39 is 5.91 Å². The van der Waals surface area contributed by atoms with Crippen LogP contribution in [-0.4, -0.2) is 19.6 Å². The largest absolute Gasteiger partial charge is 0.496 e. The molecule has 2 N–H and O–H groups in total. The van der Waals surface area contributed by atoms with E-state index in [1.807, 2.05) is 6.92 Å². The molecule has 0 spiro atoms. The maximum atomic E-state index is 11.0. The molecule has 0 aromatic heterocycles. The van der Waals surface area contributed by atoms with Crippen molar-refractivity contribution < 1.29 is 14.3 Å². The topological polar surface area (TPSA) is 61.5 Å². The van der Waals surface area contributed by atoms with Crippen LogP contribution < -0.4 is 15.2 Å². The number of methoxy groups -OCH3 is 1. The molecule has 1 rings (SSSR count). The summed E-state index contributed by atoms with van der Waals surface area (Å²) in [6.45, 7) is 2.66. The second-order valence-corrected chi connectivity index (χ2v) is 3.07. The van der Waals surface area contributed by atoms with E-state index in [0.717, 1.165) is 6.42 Å². The molecule has 0 saturated carbocycles.